The summed E-state index contributed by atoms with van der Waals surface area (Å²) in [5.74, 6) is 1.09. The molecule has 1 unspecified atom stereocenters. The zero-order valence-corrected chi connectivity index (χ0v) is 12.7. The van der Waals surface area contributed by atoms with Gasteiger partial charge in [-0.05, 0) is 38.1 Å². The average molecular weight is 286 g/mol. The molecule has 1 amide bonds. The Kier molecular flexibility index (Phi) is 3.68. The molecule has 1 saturated heterocycles. The largest absolute Gasteiger partial charge is 0.366 e. The Bertz CT molecular complexity index is 676. The van der Waals surface area contributed by atoms with E-state index in [2.05, 4.69) is 16.4 Å². The molecule has 1 aliphatic rings. The SMILES string of the molecule is CCCN1CCC(c2nc3c(C(N)=O)cccc3n2C)C1. The van der Waals surface area contributed by atoms with Crippen LogP contribution in [0.2, 0.25) is 0 Å². The summed E-state index contributed by atoms with van der Waals surface area (Å²) in [6.07, 6.45) is 2.31. The minimum absolute atomic E-state index is 0.413. The van der Waals surface area contributed by atoms with Crippen LogP contribution in [0, 0.1) is 0 Å². The molecular formula is C16H22N4O. The molecule has 0 bridgehead atoms. The summed E-state index contributed by atoms with van der Waals surface area (Å²) >= 11 is 0. The third kappa shape index (κ3) is 2.42. The zero-order chi connectivity index (χ0) is 15.0. The van der Waals surface area contributed by atoms with Crippen molar-refractivity contribution in [2.75, 3.05) is 19.6 Å². The lowest BCUT2D eigenvalue weighted by molar-refractivity contribution is 0.100. The van der Waals surface area contributed by atoms with Crippen molar-refractivity contribution in [3.8, 4) is 0 Å². The molecule has 0 aliphatic carbocycles. The highest BCUT2D eigenvalue weighted by Gasteiger charge is 2.27. The number of hydrogen-bond acceptors (Lipinski definition) is 3. The first-order valence-electron chi connectivity index (χ1n) is 7.59. The number of rotatable bonds is 4. The number of nitrogens with two attached hydrogens (primary N) is 1. The summed E-state index contributed by atoms with van der Waals surface area (Å²) in [5, 5.41) is 0. The second kappa shape index (κ2) is 5.48. The number of hydrogen-bond donors (Lipinski definition) is 1. The van der Waals surface area contributed by atoms with Crippen LogP contribution in [0.15, 0.2) is 18.2 Å². The quantitative estimate of drug-likeness (QED) is 0.933. The zero-order valence-electron chi connectivity index (χ0n) is 12.7. The molecule has 21 heavy (non-hydrogen) atoms. The standard InChI is InChI=1S/C16H22N4O/c1-3-8-20-9-7-11(10-20)16-18-14-12(15(17)21)5-4-6-13(14)19(16)2/h4-6,11H,3,7-10H2,1-2H3,(H2,17,21). The van der Waals surface area contributed by atoms with Gasteiger partial charge in [0.05, 0.1) is 11.1 Å². The van der Waals surface area contributed by atoms with E-state index in [1.807, 2.05) is 19.2 Å². The van der Waals surface area contributed by atoms with Crippen LogP contribution in [0.3, 0.4) is 0 Å². The number of imidazole rings is 1. The Labute approximate surface area is 124 Å². The number of amides is 1. The van der Waals surface area contributed by atoms with Gasteiger partial charge < -0.3 is 15.2 Å². The first-order valence-corrected chi connectivity index (χ1v) is 7.59. The van der Waals surface area contributed by atoms with Crippen LogP contribution in [-0.4, -0.2) is 40.0 Å². The van der Waals surface area contributed by atoms with Crippen molar-refractivity contribution in [1.82, 2.24) is 14.5 Å². The van der Waals surface area contributed by atoms with Gasteiger partial charge in [0.1, 0.15) is 11.3 Å². The monoisotopic (exact) mass is 286 g/mol. The number of likely N-dealkylation sites (tertiary alicyclic amines) is 1. The Balaban J connectivity index is 1.99. The lowest BCUT2D eigenvalue weighted by Crippen LogP contribution is -2.21. The lowest BCUT2D eigenvalue weighted by Gasteiger charge is -2.14. The van der Waals surface area contributed by atoms with Crippen LogP contribution in [0.1, 0.15) is 41.9 Å². The van der Waals surface area contributed by atoms with E-state index in [9.17, 15) is 4.79 Å². The maximum Gasteiger partial charge on any atom is 0.250 e. The van der Waals surface area contributed by atoms with Gasteiger partial charge in [-0.25, -0.2) is 4.98 Å². The van der Waals surface area contributed by atoms with Gasteiger partial charge >= 0.3 is 0 Å². The maximum atomic E-state index is 11.6. The fraction of sp³-hybridized carbons (Fsp3) is 0.500. The van der Waals surface area contributed by atoms with Gasteiger partial charge in [0.2, 0.25) is 0 Å². The van der Waals surface area contributed by atoms with Crippen LogP contribution in [0.25, 0.3) is 11.0 Å². The van der Waals surface area contributed by atoms with Crippen molar-refractivity contribution in [2.24, 2.45) is 12.8 Å². The number of para-hydroxylation sites is 1. The normalized spacial score (nSPS) is 19.4. The third-order valence-electron chi connectivity index (χ3n) is 4.39. The van der Waals surface area contributed by atoms with E-state index in [0.29, 0.717) is 11.5 Å². The molecular weight excluding hydrogens is 264 g/mol. The first-order chi connectivity index (χ1) is 10.1. The molecule has 0 radical (unpaired) electrons. The van der Waals surface area contributed by atoms with Crippen LogP contribution >= 0.6 is 0 Å². The van der Waals surface area contributed by atoms with Gasteiger partial charge in [0.25, 0.3) is 5.91 Å². The van der Waals surface area contributed by atoms with Crippen molar-refractivity contribution in [3.63, 3.8) is 0 Å². The van der Waals surface area contributed by atoms with E-state index in [-0.39, 0.29) is 0 Å². The van der Waals surface area contributed by atoms with E-state index in [1.165, 1.54) is 6.42 Å². The van der Waals surface area contributed by atoms with Crippen LogP contribution in [-0.2, 0) is 7.05 Å². The minimum Gasteiger partial charge on any atom is -0.366 e. The summed E-state index contributed by atoms with van der Waals surface area (Å²) in [4.78, 5) is 18.8. The van der Waals surface area contributed by atoms with Crippen molar-refractivity contribution in [1.29, 1.82) is 0 Å². The molecule has 1 aromatic carbocycles. The van der Waals surface area contributed by atoms with E-state index in [0.717, 1.165) is 42.9 Å². The molecule has 5 heteroatoms. The molecule has 1 aromatic heterocycles. The minimum atomic E-state index is -0.413. The molecule has 0 saturated carbocycles. The number of carbonyl (C=O) groups excluding carboxylic acids is 1. The molecule has 1 atom stereocenters. The van der Waals surface area contributed by atoms with Gasteiger partial charge in [0, 0.05) is 19.5 Å². The smallest absolute Gasteiger partial charge is 0.250 e. The lowest BCUT2D eigenvalue weighted by atomic mass is 10.1. The maximum absolute atomic E-state index is 11.6. The van der Waals surface area contributed by atoms with E-state index < -0.39 is 5.91 Å². The van der Waals surface area contributed by atoms with E-state index in [1.54, 1.807) is 6.07 Å². The van der Waals surface area contributed by atoms with Gasteiger partial charge in [0.15, 0.2) is 0 Å². The van der Waals surface area contributed by atoms with E-state index in [4.69, 9.17) is 10.7 Å². The second-order valence-corrected chi connectivity index (χ2v) is 5.85. The molecule has 1 aliphatic heterocycles. The van der Waals surface area contributed by atoms with Crippen molar-refractivity contribution in [2.45, 2.75) is 25.7 Å². The summed E-state index contributed by atoms with van der Waals surface area (Å²) < 4.78 is 2.11. The van der Waals surface area contributed by atoms with Crippen molar-refractivity contribution < 1.29 is 4.79 Å². The van der Waals surface area contributed by atoms with Gasteiger partial charge in [-0.2, -0.15) is 0 Å². The predicted molar refractivity (Wildman–Crippen MR) is 83.3 cm³/mol. The molecule has 112 valence electrons. The van der Waals surface area contributed by atoms with Crippen LogP contribution < -0.4 is 5.73 Å². The molecule has 3 rings (SSSR count). The number of aryl methyl sites for hydroxylation is 1. The van der Waals surface area contributed by atoms with Crippen molar-refractivity contribution in [3.05, 3.63) is 29.6 Å². The first kappa shape index (κ1) is 14.1. The molecule has 0 spiro atoms. The Morgan fingerprint density at radius 3 is 3.00 bits per heavy atom. The molecule has 2 aromatic rings. The van der Waals surface area contributed by atoms with Crippen LogP contribution in [0.5, 0.6) is 0 Å². The van der Waals surface area contributed by atoms with Crippen molar-refractivity contribution >= 4 is 16.9 Å². The number of fused-ring (bicyclic) bond motifs is 1. The average Bonchev–Trinajstić information content (AvgIpc) is 3.04. The molecule has 2 heterocycles. The van der Waals surface area contributed by atoms with Crippen LogP contribution in [0.4, 0.5) is 0 Å². The third-order valence-corrected chi connectivity index (χ3v) is 4.39. The Morgan fingerprint density at radius 2 is 2.29 bits per heavy atom. The number of aromatic nitrogens is 2. The fourth-order valence-corrected chi connectivity index (χ4v) is 3.36. The predicted octanol–water partition coefficient (Wildman–Crippen LogP) is 1.87. The highest BCUT2D eigenvalue weighted by atomic mass is 16.1. The summed E-state index contributed by atoms with van der Waals surface area (Å²) in [5.41, 5.74) is 7.68. The Hall–Kier alpha value is -1.88. The molecule has 5 nitrogen and oxygen atoms in total. The highest BCUT2D eigenvalue weighted by Crippen LogP contribution is 2.29. The molecule has 1 fully saturated rings. The number of carbonyl (C=O) groups is 1. The summed E-state index contributed by atoms with van der Waals surface area (Å²) in [6, 6.07) is 5.61. The Morgan fingerprint density at radius 1 is 1.48 bits per heavy atom. The summed E-state index contributed by atoms with van der Waals surface area (Å²) in [6.45, 7) is 5.54. The molecule has 2 N–H and O–H groups in total. The summed E-state index contributed by atoms with van der Waals surface area (Å²) in [7, 11) is 2.03. The second-order valence-electron chi connectivity index (χ2n) is 5.85. The van der Waals surface area contributed by atoms with Gasteiger partial charge in [-0.15, -0.1) is 0 Å². The number of primary amides is 1. The fourth-order valence-electron chi connectivity index (χ4n) is 3.36. The topological polar surface area (TPSA) is 64.2 Å². The van der Waals surface area contributed by atoms with E-state index >= 15 is 0 Å². The van der Waals surface area contributed by atoms with Gasteiger partial charge in [-0.1, -0.05) is 13.0 Å². The number of nitrogens with zero attached hydrogens (tertiary/aromatic N) is 3. The number of benzene rings is 1. The highest BCUT2D eigenvalue weighted by molar-refractivity contribution is 6.04. The van der Waals surface area contributed by atoms with Gasteiger partial charge in [-0.3, -0.25) is 4.79 Å².